The van der Waals surface area contributed by atoms with Crippen LogP contribution in [-0.4, -0.2) is 86.9 Å². The Kier molecular flexibility index (Phi) is 12.1. The quantitative estimate of drug-likeness (QED) is 0.260. The molecule has 2 aliphatic heterocycles. The molecule has 4 rings (SSSR count). The molecule has 0 radical (unpaired) electrons. The van der Waals surface area contributed by atoms with Gasteiger partial charge < -0.3 is 33.9 Å². The van der Waals surface area contributed by atoms with E-state index in [9.17, 15) is 9.90 Å². The van der Waals surface area contributed by atoms with Crippen molar-refractivity contribution in [3.05, 3.63) is 35.6 Å². The number of methoxy groups -OCH3 is 2. The molecule has 0 bridgehead atoms. The molecule has 0 saturated carbocycles. The summed E-state index contributed by atoms with van der Waals surface area (Å²) in [5.41, 5.74) is 1.83. The number of hydrogen-bond acceptors (Lipinski definition) is 9. The lowest BCUT2D eigenvalue weighted by atomic mass is 9.87. The number of hydrogen-bond donors (Lipinski definition) is 1. The summed E-state index contributed by atoms with van der Waals surface area (Å²) < 4.78 is 22.9. The number of aliphatic carboxylic acids is 1. The Morgan fingerprint density at radius 3 is 2.58 bits per heavy atom. The zero-order chi connectivity index (χ0) is 30.9. The van der Waals surface area contributed by atoms with Crippen LogP contribution in [0.15, 0.2) is 30.6 Å². The van der Waals surface area contributed by atoms with E-state index in [1.165, 1.54) is 0 Å². The van der Waals surface area contributed by atoms with Crippen LogP contribution in [0.3, 0.4) is 0 Å². The van der Waals surface area contributed by atoms with Crippen molar-refractivity contribution in [1.29, 1.82) is 0 Å². The maximum Gasteiger partial charge on any atom is 0.305 e. The Morgan fingerprint density at radius 2 is 1.91 bits per heavy atom. The molecule has 238 valence electrons. The van der Waals surface area contributed by atoms with Gasteiger partial charge in [-0.25, -0.2) is 9.97 Å². The lowest BCUT2D eigenvalue weighted by Crippen LogP contribution is -2.46. The molecule has 0 aliphatic carbocycles. The molecular weight excluding hydrogens is 572 g/mol. The summed E-state index contributed by atoms with van der Waals surface area (Å²) in [6, 6.07) is 5.68. The summed E-state index contributed by atoms with van der Waals surface area (Å²) in [4.78, 5) is 25.1. The number of carboxylic acid groups (broad SMARTS) is 1. The number of pyridine rings is 2. The summed E-state index contributed by atoms with van der Waals surface area (Å²) in [5.74, 6) is 1.53. The van der Waals surface area contributed by atoms with E-state index >= 15 is 0 Å². The molecule has 0 amide bonds. The zero-order valence-electron chi connectivity index (χ0n) is 26.1. The molecular formula is C32H47ClN4O6. The minimum absolute atomic E-state index is 0.0192. The Labute approximate surface area is 260 Å². The number of aromatic nitrogens is 2. The fourth-order valence-electron chi connectivity index (χ4n) is 6.42. The van der Waals surface area contributed by atoms with Crippen LogP contribution in [0.1, 0.15) is 46.5 Å². The predicted molar refractivity (Wildman–Crippen MR) is 168 cm³/mol. The van der Waals surface area contributed by atoms with E-state index in [4.69, 9.17) is 30.5 Å². The smallest absolute Gasteiger partial charge is 0.305 e. The molecule has 2 saturated heterocycles. The first kappa shape index (κ1) is 33.1. The summed E-state index contributed by atoms with van der Waals surface area (Å²) >= 11 is 6.52. The fraction of sp³-hybridized carbons (Fsp3) is 0.656. The number of ether oxygens (including phenoxy) is 4. The molecule has 43 heavy (non-hydrogen) atoms. The second kappa shape index (κ2) is 15.8. The van der Waals surface area contributed by atoms with E-state index in [0.717, 1.165) is 50.3 Å². The standard InChI is InChI=1S/C32H47ClN4O6/c1-21(2)13-23-18-36(28-14-31(41-5)35-17-26(28)33)10-9-29(23)43-30-8-7-25(16-34-30)37-19-24(20-42-12-6-11-40-4)22(3)27(37)15-32(38)39/h7-8,14,16-17,21-24,27,29H,6,9-13,15,18-20H2,1-5H3,(H,38,39). The third-order valence-electron chi connectivity index (χ3n) is 8.66. The Morgan fingerprint density at radius 1 is 1.12 bits per heavy atom. The van der Waals surface area contributed by atoms with Gasteiger partial charge in [0.25, 0.3) is 0 Å². The average Bonchev–Trinajstić information content (AvgIpc) is 3.28. The van der Waals surface area contributed by atoms with Crippen LogP contribution in [0.4, 0.5) is 11.4 Å². The second-order valence-electron chi connectivity index (χ2n) is 12.2. The van der Waals surface area contributed by atoms with Gasteiger partial charge in [0.15, 0.2) is 0 Å². The molecule has 0 aromatic carbocycles. The molecule has 11 heteroatoms. The lowest BCUT2D eigenvalue weighted by Gasteiger charge is -2.40. The summed E-state index contributed by atoms with van der Waals surface area (Å²) in [7, 11) is 3.29. The number of carboxylic acids is 1. The van der Waals surface area contributed by atoms with E-state index in [-0.39, 0.29) is 36.3 Å². The highest BCUT2D eigenvalue weighted by atomic mass is 35.5. The van der Waals surface area contributed by atoms with Gasteiger partial charge in [0.05, 0.1) is 48.9 Å². The van der Waals surface area contributed by atoms with E-state index in [0.29, 0.717) is 42.5 Å². The largest absolute Gasteiger partial charge is 0.481 e. The van der Waals surface area contributed by atoms with Crippen LogP contribution in [0.5, 0.6) is 11.8 Å². The van der Waals surface area contributed by atoms with Crippen LogP contribution in [0.25, 0.3) is 0 Å². The predicted octanol–water partition coefficient (Wildman–Crippen LogP) is 5.43. The SMILES string of the molecule is COCCCOCC1CN(c2ccc(OC3CCN(c4cc(OC)ncc4Cl)CC3CC(C)C)nc2)C(CC(=O)O)C1C. The summed E-state index contributed by atoms with van der Waals surface area (Å²) in [6.45, 7) is 10.8. The molecule has 1 N–H and O–H groups in total. The van der Waals surface area contributed by atoms with Crippen LogP contribution in [0.2, 0.25) is 5.02 Å². The first-order chi connectivity index (χ1) is 20.7. The summed E-state index contributed by atoms with van der Waals surface area (Å²) in [6.07, 6.45) is 6.23. The van der Waals surface area contributed by atoms with Gasteiger partial charge in [-0.1, -0.05) is 32.4 Å². The zero-order valence-corrected chi connectivity index (χ0v) is 26.8. The van der Waals surface area contributed by atoms with Crippen molar-refractivity contribution < 1.29 is 28.8 Å². The first-order valence-corrected chi connectivity index (χ1v) is 15.7. The lowest BCUT2D eigenvalue weighted by molar-refractivity contribution is -0.137. The number of halogens is 1. The Hall–Kier alpha value is -2.82. The van der Waals surface area contributed by atoms with Gasteiger partial charge in [0.2, 0.25) is 11.8 Å². The number of rotatable bonds is 15. The molecule has 2 fully saturated rings. The van der Waals surface area contributed by atoms with Crippen molar-refractivity contribution in [2.24, 2.45) is 23.7 Å². The van der Waals surface area contributed by atoms with Crippen molar-refractivity contribution in [3.8, 4) is 11.8 Å². The molecule has 5 atom stereocenters. The third kappa shape index (κ3) is 8.86. The van der Waals surface area contributed by atoms with E-state index in [2.05, 4.69) is 40.5 Å². The Bertz CT molecular complexity index is 1170. The number of carbonyl (C=O) groups is 1. The summed E-state index contributed by atoms with van der Waals surface area (Å²) in [5, 5.41) is 10.2. The van der Waals surface area contributed by atoms with Crippen molar-refractivity contribution in [3.63, 3.8) is 0 Å². The number of nitrogens with zero attached hydrogens (tertiary/aromatic N) is 4. The van der Waals surface area contributed by atoms with Gasteiger partial charge in [0, 0.05) is 76.4 Å². The second-order valence-corrected chi connectivity index (χ2v) is 12.6. The van der Waals surface area contributed by atoms with E-state index < -0.39 is 5.97 Å². The van der Waals surface area contributed by atoms with Crippen molar-refractivity contribution in [1.82, 2.24) is 9.97 Å². The third-order valence-corrected chi connectivity index (χ3v) is 8.95. The molecule has 2 aromatic heterocycles. The van der Waals surface area contributed by atoms with Gasteiger partial charge in [-0.05, 0) is 30.7 Å². The van der Waals surface area contributed by atoms with Crippen LogP contribution < -0.4 is 19.3 Å². The van der Waals surface area contributed by atoms with Gasteiger partial charge in [0.1, 0.15) is 6.10 Å². The average molecular weight is 619 g/mol. The van der Waals surface area contributed by atoms with Gasteiger partial charge in [-0.3, -0.25) is 4.79 Å². The monoisotopic (exact) mass is 618 g/mol. The molecule has 2 aliphatic rings. The van der Waals surface area contributed by atoms with Gasteiger partial charge in [-0.2, -0.15) is 0 Å². The molecule has 4 heterocycles. The van der Waals surface area contributed by atoms with E-state index in [1.807, 2.05) is 24.4 Å². The van der Waals surface area contributed by atoms with E-state index in [1.54, 1.807) is 20.4 Å². The topological polar surface area (TPSA) is 106 Å². The minimum Gasteiger partial charge on any atom is -0.481 e. The van der Waals surface area contributed by atoms with Gasteiger partial charge in [-0.15, -0.1) is 0 Å². The van der Waals surface area contributed by atoms with Crippen LogP contribution in [0, 0.1) is 23.7 Å². The van der Waals surface area contributed by atoms with Crippen LogP contribution in [-0.2, 0) is 14.3 Å². The fourth-order valence-corrected chi connectivity index (χ4v) is 6.64. The molecule has 0 spiro atoms. The van der Waals surface area contributed by atoms with Crippen LogP contribution >= 0.6 is 11.6 Å². The van der Waals surface area contributed by atoms with Crippen molar-refractivity contribution >= 4 is 28.9 Å². The van der Waals surface area contributed by atoms with Gasteiger partial charge >= 0.3 is 5.97 Å². The first-order valence-electron chi connectivity index (χ1n) is 15.3. The number of piperidine rings is 1. The normalized spacial score (nSPS) is 24.0. The maximum absolute atomic E-state index is 11.7. The van der Waals surface area contributed by atoms with Crippen molar-refractivity contribution in [2.45, 2.75) is 58.6 Å². The van der Waals surface area contributed by atoms with Crippen molar-refractivity contribution in [2.75, 3.05) is 63.5 Å². The highest BCUT2D eigenvalue weighted by Gasteiger charge is 2.40. The Balaban J connectivity index is 1.42. The maximum atomic E-state index is 11.7. The molecule has 10 nitrogen and oxygen atoms in total. The minimum atomic E-state index is -0.801. The number of anilines is 2. The molecule has 5 unspecified atom stereocenters. The highest BCUT2D eigenvalue weighted by Crippen LogP contribution is 2.37. The highest BCUT2D eigenvalue weighted by molar-refractivity contribution is 6.33. The molecule has 2 aromatic rings.